The zero-order chi connectivity index (χ0) is 29.0. The molecule has 0 aliphatic heterocycles. The summed E-state index contributed by atoms with van der Waals surface area (Å²) in [6, 6.07) is 6.63. The second-order valence-corrected chi connectivity index (χ2v) is 10.4. The number of aromatic nitrogens is 4. The van der Waals surface area contributed by atoms with Crippen molar-refractivity contribution < 1.29 is 34.6 Å². The second-order valence-electron chi connectivity index (χ2n) is 8.52. The lowest BCUT2D eigenvalue weighted by Crippen LogP contribution is -2.30. The quantitative estimate of drug-likeness (QED) is 0.174. The van der Waals surface area contributed by atoms with Gasteiger partial charge in [0.15, 0.2) is 17.4 Å². The summed E-state index contributed by atoms with van der Waals surface area (Å²) in [5, 5.41) is 3.18. The summed E-state index contributed by atoms with van der Waals surface area (Å²) in [5.74, 6) is -3.09. The molecule has 0 saturated carbocycles. The Morgan fingerprint density at radius 3 is 2.26 bits per heavy atom. The first-order valence-electron chi connectivity index (χ1n) is 11.0. The van der Waals surface area contributed by atoms with Gasteiger partial charge in [0.25, 0.3) is 5.56 Å². The summed E-state index contributed by atoms with van der Waals surface area (Å²) in [5.41, 5.74) is -7.10. The minimum atomic E-state index is -6.14. The van der Waals surface area contributed by atoms with Crippen LogP contribution in [0, 0.1) is 39.3 Å². The maximum absolute atomic E-state index is 16.0. The van der Waals surface area contributed by atoms with E-state index in [1.807, 2.05) is 0 Å². The Hall–Kier alpha value is -3.78. The van der Waals surface area contributed by atoms with Crippen molar-refractivity contribution in [2.24, 2.45) is 0 Å². The van der Waals surface area contributed by atoms with E-state index in [4.69, 9.17) is 11.6 Å². The molecule has 0 saturated heterocycles. The number of alkyl halides is 3. The molecule has 4 aromatic rings. The number of rotatable bonds is 5. The fraction of sp³-hybridized carbons (Fsp3) is 0.208. The highest BCUT2D eigenvalue weighted by molar-refractivity contribution is 7.88. The molecule has 0 aliphatic carbocycles. The average molecular weight is 589 g/mol. The van der Waals surface area contributed by atoms with Crippen molar-refractivity contribution >= 4 is 21.7 Å². The SMILES string of the molecule is Cc1cc(C)n(-c2cccc(-c3ncc(C)c(-n4c(C)cc(OS(=O)(=O)C(F)(F)F)c(Cl)c4=O)c3F)c2F)n1. The van der Waals surface area contributed by atoms with Crippen LogP contribution < -0.4 is 9.74 Å². The lowest BCUT2D eigenvalue weighted by molar-refractivity contribution is -0.0500. The third kappa shape index (κ3) is 4.89. The number of pyridine rings is 2. The van der Waals surface area contributed by atoms with Gasteiger partial charge >= 0.3 is 15.6 Å². The number of hydrogen-bond acceptors (Lipinski definition) is 6. The fourth-order valence-electron chi connectivity index (χ4n) is 3.95. The molecule has 0 bridgehead atoms. The van der Waals surface area contributed by atoms with E-state index in [0.29, 0.717) is 16.0 Å². The third-order valence-corrected chi connectivity index (χ3v) is 6.97. The van der Waals surface area contributed by atoms with Gasteiger partial charge in [-0.1, -0.05) is 17.7 Å². The number of benzene rings is 1. The van der Waals surface area contributed by atoms with Gasteiger partial charge in [0, 0.05) is 29.2 Å². The second kappa shape index (κ2) is 9.75. The molecule has 39 heavy (non-hydrogen) atoms. The largest absolute Gasteiger partial charge is 0.534 e. The van der Waals surface area contributed by atoms with E-state index < -0.39 is 55.0 Å². The molecule has 206 valence electrons. The fourth-order valence-corrected chi connectivity index (χ4v) is 4.64. The molecule has 0 atom stereocenters. The first kappa shape index (κ1) is 28.2. The highest BCUT2D eigenvalue weighted by Gasteiger charge is 2.49. The Kier molecular flexibility index (Phi) is 7.06. The van der Waals surface area contributed by atoms with Crippen molar-refractivity contribution in [1.29, 1.82) is 0 Å². The molecule has 1 aromatic carbocycles. The number of hydrogen-bond donors (Lipinski definition) is 0. The number of nitrogens with zero attached hydrogens (tertiary/aromatic N) is 4. The van der Waals surface area contributed by atoms with Gasteiger partial charge < -0.3 is 4.18 Å². The van der Waals surface area contributed by atoms with E-state index in [-0.39, 0.29) is 22.5 Å². The lowest BCUT2D eigenvalue weighted by Gasteiger charge is -2.18. The van der Waals surface area contributed by atoms with E-state index in [1.54, 1.807) is 19.9 Å². The molecule has 0 fully saturated rings. The molecule has 0 spiro atoms. The van der Waals surface area contributed by atoms with Crippen LogP contribution in [0.4, 0.5) is 22.0 Å². The zero-order valence-corrected chi connectivity index (χ0v) is 22.1. The normalized spacial score (nSPS) is 12.2. The molecule has 0 radical (unpaired) electrons. The molecule has 4 rings (SSSR count). The third-order valence-electron chi connectivity index (χ3n) is 5.65. The molecule has 0 aliphatic rings. The summed E-state index contributed by atoms with van der Waals surface area (Å²) >= 11 is 5.87. The smallest absolute Gasteiger partial charge is 0.374 e. The Morgan fingerprint density at radius 1 is 1.00 bits per heavy atom. The van der Waals surface area contributed by atoms with Crippen molar-refractivity contribution in [1.82, 2.24) is 19.3 Å². The minimum Gasteiger partial charge on any atom is -0.374 e. The standard InChI is InChI=1S/C24H18ClF5N4O4S/c1-11-10-31-21(15-6-5-7-16(19(15)26)34-14(4)8-12(2)32-34)20(27)22(11)33-13(3)9-17(18(25)23(33)35)38-39(36,37)24(28,29)30/h5-10H,1-4H3. The van der Waals surface area contributed by atoms with Gasteiger partial charge in [-0.15, -0.1) is 0 Å². The van der Waals surface area contributed by atoms with E-state index in [1.165, 1.54) is 42.9 Å². The van der Waals surface area contributed by atoms with Gasteiger partial charge in [-0.3, -0.25) is 14.3 Å². The zero-order valence-electron chi connectivity index (χ0n) is 20.6. The van der Waals surface area contributed by atoms with Crippen LogP contribution in [0.1, 0.15) is 22.6 Å². The van der Waals surface area contributed by atoms with E-state index in [0.717, 1.165) is 6.07 Å². The molecule has 8 nitrogen and oxygen atoms in total. The number of halogens is 6. The van der Waals surface area contributed by atoms with Gasteiger partial charge in [0.2, 0.25) is 0 Å². The van der Waals surface area contributed by atoms with Crippen LogP contribution >= 0.6 is 11.6 Å². The summed E-state index contributed by atoms with van der Waals surface area (Å²) in [6.07, 6.45) is 1.17. The molecule has 3 heterocycles. The molecule has 3 aromatic heterocycles. The van der Waals surface area contributed by atoms with Gasteiger partial charge in [0.05, 0.1) is 11.4 Å². The van der Waals surface area contributed by atoms with Crippen LogP contribution in [-0.4, -0.2) is 33.3 Å². The summed E-state index contributed by atoms with van der Waals surface area (Å²) in [7, 11) is -6.14. The highest BCUT2D eigenvalue weighted by atomic mass is 35.5. The average Bonchev–Trinajstić information content (AvgIpc) is 3.16. The first-order valence-corrected chi connectivity index (χ1v) is 12.7. The Morgan fingerprint density at radius 2 is 1.67 bits per heavy atom. The molecule has 15 heteroatoms. The van der Waals surface area contributed by atoms with Crippen molar-refractivity contribution in [3.8, 4) is 28.4 Å². The summed E-state index contributed by atoms with van der Waals surface area (Å²) in [4.78, 5) is 17.1. The van der Waals surface area contributed by atoms with Crippen molar-refractivity contribution in [3.05, 3.63) is 86.2 Å². The van der Waals surface area contributed by atoms with Crippen LogP contribution in [0.3, 0.4) is 0 Å². The Bertz CT molecular complexity index is 1800. The van der Waals surface area contributed by atoms with Crippen LogP contribution in [0.15, 0.2) is 41.3 Å². The summed E-state index contributed by atoms with van der Waals surface area (Å²) in [6.45, 7) is 6.00. The van der Waals surface area contributed by atoms with Gasteiger partial charge in [0.1, 0.15) is 16.4 Å². The van der Waals surface area contributed by atoms with Crippen LogP contribution in [0.25, 0.3) is 22.6 Å². The lowest BCUT2D eigenvalue weighted by atomic mass is 10.1. The van der Waals surface area contributed by atoms with Crippen LogP contribution in [0.5, 0.6) is 5.75 Å². The van der Waals surface area contributed by atoms with E-state index in [2.05, 4.69) is 14.3 Å². The maximum atomic E-state index is 16.0. The molecular weight excluding hydrogens is 571 g/mol. The van der Waals surface area contributed by atoms with Crippen LogP contribution in [-0.2, 0) is 10.1 Å². The molecule has 0 N–H and O–H groups in total. The topological polar surface area (TPSA) is 96.1 Å². The van der Waals surface area contributed by atoms with E-state index in [9.17, 15) is 26.4 Å². The molecule has 0 amide bonds. The minimum absolute atomic E-state index is 0.0187. The predicted octanol–water partition coefficient (Wildman–Crippen LogP) is 5.48. The Labute approximate surface area is 223 Å². The van der Waals surface area contributed by atoms with Crippen molar-refractivity contribution in [3.63, 3.8) is 0 Å². The van der Waals surface area contributed by atoms with Crippen molar-refractivity contribution in [2.75, 3.05) is 0 Å². The summed E-state index contributed by atoms with van der Waals surface area (Å²) < 4.78 is 98.9. The molecular formula is C24H18ClF5N4O4S. The van der Waals surface area contributed by atoms with Gasteiger partial charge in [-0.05, 0) is 51.5 Å². The monoisotopic (exact) mass is 588 g/mol. The van der Waals surface area contributed by atoms with Gasteiger partial charge in [-0.2, -0.15) is 26.7 Å². The number of aryl methyl sites for hydroxylation is 4. The van der Waals surface area contributed by atoms with Crippen molar-refractivity contribution in [2.45, 2.75) is 33.2 Å². The Balaban J connectivity index is 1.90. The molecule has 0 unspecified atom stereocenters. The maximum Gasteiger partial charge on any atom is 0.534 e. The van der Waals surface area contributed by atoms with Crippen LogP contribution in [0.2, 0.25) is 5.02 Å². The van der Waals surface area contributed by atoms with Gasteiger partial charge in [-0.25, -0.2) is 13.5 Å². The predicted molar refractivity (Wildman–Crippen MR) is 132 cm³/mol. The highest BCUT2D eigenvalue weighted by Crippen LogP contribution is 2.34. The first-order chi connectivity index (χ1) is 18.0. The van der Waals surface area contributed by atoms with E-state index >= 15 is 8.78 Å².